The second-order valence-corrected chi connectivity index (χ2v) is 5.89. The number of hydrogen-bond acceptors (Lipinski definition) is 3. The molecule has 0 radical (unpaired) electrons. The first kappa shape index (κ1) is 15.4. The molecule has 0 bridgehead atoms. The van der Waals surface area contributed by atoms with Gasteiger partial charge in [0.2, 0.25) is 5.91 Å². The molecule has 1 aromatic rings. The molecule has 1 heterocycles. The number of carbonyl (C=O) groups excluding carboxylic acids is 1. The first-order valence-electron chi connectivity index (χ1n) is 6.63. The summed E-state index contributed by atoms with van der Waals surface area (Å²) in [5, 5.41) is 17.1. The van der Waals surface area contributed by atoms with E-state index in [0.29, 0.717) is 22.2 Å². The molecule has 1 saturated heterocycles. The standard InChI is InChI=1S/C14H18Cl2N2O2/c1-8(19)18-7-10-6-9(4-5-17-10)13-12(20)3-2-11(15)14(13)16/h2-3,9-10,17,20H,4-7H2,1H3,(H,18,19). The molecule has 0 aromatic heterocycles. The topological polar surface area (TPSA) is 61.4 Å². The minimum Gasteiger partial charge on any atom is -0.508 e. The smallest absolute Gasteiger partial charge is 0.216 e. The number of halogens is 2. The van der Waals surface area contributed by atoms with Crippen LogP contribution < -0.4 is 10.6 Å². The number of piperidine rings is 1. The molecule has 1 aliphatic rings. The fourth-order valence-corrected chi connectivity index (χ4v) is 3.11. The Kier molecular flexibility index (Phi) is 5.13. The third-order valence-electron chi connectivity index (χ3n) is 3.61. The van der Waals surface area contributed by atoms with Crippen molar-refractivity contribution in [3.63, 3.8) is 0 Å². The summed E-state index contributed by atoms with van der Waals surface area (Å²) in [5.41, 5.74) is 0.716. The van der Waals surface area contributed by atoms with Gasteiger partial charge in [0.25, 0.3) is 0 Å². The number of phenolic OH excluding ortho intramolecular Hbond substituents is 1. The summed E-state index contributed by atoms with van der Waals surface area (Å²) < 4.78 is 0. The highest BCUT2D eigenvalue weighted by atomic mass is 35.5. The van der Waals surface area contributed by atoms with Crippen LogP contribution in [0.4, 0.5) is 0 Å². The molecule has 0 aliphatic carbocycles. The van der Waals surface area contributed by atoms with Crippen molar-refractivity contribution < 1.29 is 9.90 Å². The summed E-state index contributed by atoms with van der Waals surface area (Å²) in [6.07, 6.45) is 1.68. The van der Waals surface area contributed by atoms with Crippen LogP contribution in [0.5, 0.6) is 5.75 Å². The highest BCUT2D eigenvalue weighted by molar-refractivity contribution is 6.42. The molecule has 2 atom stereocenters. The molecule has 6 heteroatoms. The van der Waals surface area contributed by atoms with E-state index in [1.165, 1.54) is 6.92 Å². The van der Waals surface area contributed by atoms with Gasteiger partial charge in [-0.2, -0.15) is 0 Å². The molecule has 2 rings (SSSR count). The van der Waals surface area contributed by atoms with Crippen LogP contribution in [0.3, 0.4) is 0 Å². The molecule has 1 fully saturated rings. The minimum absolute atomic E-state index is 0.0439. The second-order valence-electron chi connectivity index (χ2n) is 5.10. The lowest BCUT2D eigenvalue weighted by Crippen LogP contribution is -2.45. The van der Waals surface area contributed by atoms with Crippen molar-refractivity contribution in [2.45, 2.75) is 31.7 Å². The van der Waals surface area contributed by atoms with Crippen LogP contribution in [0.1, 0.15) is 31.2 Å². The van der Waals surface area contributed by atoms with E-state index >= 15 is 0 Å². The van der Waals surface area contributed by atoms with Gasteiger partial charge in [0, 0.05) is 25.1 Å². The maximum absolute atomic E-state index is 11.0. The number of carbonyl (C=O) groups is 1. The van der Waals surface area contributed by atoms with Gasteiger partial charge in [-0.05, 0) is 37.4 Å². The molecule has 4 nitrogen and oxygen atoms in total. The highest BCUT2D eigenvalue weighted by Crippen LogP contribution is 2.41. The average Bonchev–Trinajstić information content (AvgIpc) is 2.42. The third kappa shape index (κ3) is 3.57. The summed E-state index contributed by atoms with van der Waals surface area (Å²) in [6, 6.07) is 3.35. The Hall–Kier alpha value is -0.970. The van der Waals surface area contributed by atoms with Crippen molar-refractivity contribution in [3.05, 3.63) is 27.7 Å². The molecule has 1 aromatic carbocycles. The predicted molar refractivity (Wildman–Crippen MR) is 80.6 cm³/mol. The Balaban J connectivity index is 2.13. The van der Waals surface area contributed by atoms with Crippen molar-refractivity contribution >= 4 is 29.1 Å². The Morgan fingerprint density at radius 1 is 1.50 bits per heavy atom. The van der Waals surface area contributed by atoms with Crippen molar-refractivity contribution in [1.82, 2.24) is 10.6 Å². The number of rotatable bonds is 3. The monoisotopic (exact) mass is 316 g/mol. The number of hydrogen-bond donors (Lipinski definition) is 3. The zero-order valence-electron chi connectivity index (χ0n) is 11.2. The number of nitrogens with one attached hydrogen (secondary N) is 2. The Morgan fingerprint density at radius 3 is 2.95 bits per heavy atom. The highest BCUT2D eigenvalue weighted by Gasteiger charge is 2.27. The first-order valence-corrected chi connectivity index (χ1v) is 7.39. The lowest BCUT2D eigenvalue weighted by Gasteiger charge is -2.31. The van der Waals surface area contributed by atoms with Gasteiger partial charge in [0.15, 0.2) is 0 Å². The molecule has 3 N–H and O–H groups in total. The maximum atomic E-state index is 11.0. The summed E-state index contributed by atoms with van der Waals surface area (Å²) in [5.74, 6) is 0.281. The van der Waals surface area contributed by atoms with Crippen LogP contribution in [0, 0.1) is 0 Å². The number of benzene rings is 1. The van der Waals surface area contributed by atoms with E-state index in [0.717, 1.165) is 19.4 Å². The SMILES string of the molecule is CC(=O)NCC1CC(c2c(O)ccc(Cl)c2Cl)CCN1. The van der Waals surface area contributed by atoms with E-state index in [1.54, 1.807) is 12.1 Å². The normalized spacial score (nSPS) is 22.6. The van der Waals surface area contributed by atoms with Crippen molar-refractivity contribution in [3.8, 4) is 5.75 Å². The minimum atomic E-state index is -0.0439. The molecule has 20 heavy (non-hydrogen) atoms. The van der Waals surface area contributed by atoms with Gasteiger partial charge in [0.1, 0.15) is 5.75 Å². The van der Waals surface area contributed by atoms with Gasteiger partial charge in [-0.1, -0.05) is 23.2 Å². The fraction of sp³-hybridized carbons (Fsp3) is 0.500. The molecule has 1 aliphatic heterocycles. The fourth-order valence-electron chi connectivity index (χ4n) is 2.64. The average molecular weight is 317 g/mol. The summed E-state index contributed by atoms with van der Waals surface area (Å²) in [7, 11) is 0. The molecule has 2 unspecified atom stereocenters. The summed E-state index contributed by atoms with van der Waals surface area (Å²) in [6.45, 7) is 2.89. The van der Waals surface area contributed by atoms with Crippen LogP contribution in [0.2, 0.25) is 10.0 Å². The van der Waals surface area contributed by atoms with Crippen LogP contribution >= 0.6 is 23.2 Å². The lowest BCUT2D eigenvalue weighted by molar-refractivity contribution is -0.119. The van der Waals surface area contributed by atoms with E-state index in [9.17, 15) is 9.90 Å². The molecular weight excluding hydrogens is 299 g/mol. The van der Waals surface area contributed by atoms with Crippen LogP contribution in [0.15, 0.2) is 12.1 Å². The van der Waals surface area contributed by atoms with Gasteiger partial charge in [-0.15, -0.1) is 0 Å². The van der Waals surface area contributed by atoms with Gasteiger partial charge in [-0.3, -0.25) is 4.79 Å². The Morgan fingerprint density at radius 2 is 2.25 bits per heavy atom. The Labute approximate surface area is 128 Å². The van der Waals surface area contributed by atoms with Crippen LogP contribution in [-0.2, 0) is 4.79 Å². The van der Waals surface area contributed by atoms with Gasteiger partial charge in [0.05, 0.1) is 10.0 Å². The number of aromatic hydroxyl groups is 1. The Bertz CT molecular complexity index is 508. The van der Waals surface area contributed by atoms with Crippen molar-refractivity contribution in [2.24, 2.45) is 0 Å². The summed E-state index contributed by atoms with van der Waals surface area (Å²) in [4.78, 5) is 11.0. The van der Waals surface area contributed by atoms with E-state index in [4.69, 9.17) is 23.2 Å². The zero-order valence-corrected chi connectivity index (χ0v) is 12.8. The molecule has 0 saturated carbocycles. The van der Waals surface area contributed by atoms with Crippen molar-refractivity contribution in [1.29, 1.82) is 0 Å². The van der Waals surface area contributed by atoms with Crippen LogP contribution in [0.25, 0.3) is 0 Å². The van der Waals surface area contributed by atoms with Crippen molar-refractivity contribution in [2.75, 3.05) is 13.1 Å². The lowest BCUT2D eigenvalue weighted by atomic mass is 9.85. The largest absolute Gasteiger partial charge is 0.508 e. The molecule has 1 amide bonds. The van der Waals surface area contributed by atoms with E-state index in [1.807, 2.05) is 0 Å². The van der Waals surface area contributed by atoms with E-state index in [2.05, 4.69) is 10.6 Å². The molecular formula is C14H18Cl2N2O2. The van der Waals surface area contributed by atoms with Gasteiger partial charge in [-0.25, -0.2) is 0 Å². The molecule has 110 valence electrons. The van der Waals surface area contributed by atoms with E-state index in [-0.39, 0.29) is 23.6 Å². The van der Waals surface area contributed by atoms with Gasteiger partial charge < -0.3 is 15.7 Å². The zero-order chi connectivity index (χ0) is 14.7. The van der Waals surface area contributed by atoms with E-state index < -0.39 is 0 Å². The van der Waals surface area contributed by atoms with Gasteiger partial charge >= 0.3 is 0 Å². The number of phenols is 1. The predicted octanol–water partition coefficient (Wildman–Crippen LogP) is 2.67. The third-order valence-corrected chi connectivity index (χ3v) is 4.43. The molecule has 0 spiro atoms. The second kappa shape index (κ2) is 6.66. The quantitative estimate of drug-likeness (QED) is 0.803. The summed E-state index contributed by atoms with van der Waals surface area (Å²) >= 11 is 12.3. The first-order chi connectivity index (χ1) is 9.49. The number of amides is 1. The maximum Gasteiger partial charge on any atom is 0.216 e. The van der Waals surface area contributed by atoms with Crippen LogP contribution in [-0.4, -0.2) is 30.1 Å².